The number of rotatable bonds is 4. The van der Waals surface area contributed by atoms with Crippen LogP contribution in [0.1, 0.15) is 16.8 Å². The molecule has 0 aliphatic heterocycles. The van der Waals surface area contributed by atoms with Crippen LogP contribution in [0.25, 0.3) is 0 Å². The molecule has 0 unspecified atom stereocenters. The molecule has 0 spiro atoms. The Kier molecular flexibility index (Phi) is 4.42. The zero-order valence-electron chi connectivity index (χ0n) is 13.9. The van der Waals surface area contributed by atoms with Gasteiger partial charge in [-0.05, 0) is 56.2 Å². The van der Waals surface area contributed by atoms with Gasteiger partial charge >= 0.3 is 0 Å². The van der Waals surface area contributed by atoms with Crippen LogP contribution in [0.3, 0.4) is 0 Å². The standard InChI is InChI=1S/C19H19FN4/c1-12-8-9-15(10-13(12)2)22-18-11-14(3)21-19(24-18)23-17-7-5-4-6-16(17)20/h4-11H,1-3H3,(H2,21,22,23,24). The van der Waals surface area contributed by atoms with E-state index < -0.39 is 0 Å². The number of aryl methyl sites for hydroxylation is 3. The number of aromatic nitrogens is 2. The molecular weight excluding hydrogens is 303 g/mol. The average molecular weight is 322 g/mol. The Labute approximate surface area is 140 Å². The maximum Gasteiger partial charge on any atom is 0.229 e. The Bertz CT molecular complexity index is 877. The lowest BCUT2D eigenvalue weighted by Gasteiger charge is -2.11. The fourth-order valence-corrected chi connectivity index (χ4v) is 2.34. The fraction of sp³-hybridized carbons (Fsp3) is 0.158. The molecule has 0 radical (unpaired) electrons. The van der Waals surface area contributed by atoms with E-state index in [1.165, 1.54) is 17.2 Å². The minimum atomic E-state index is -0.341. The zero-order chi connectivity index (χ0) is 17.1. The predicted octanol–water partition coefficient (Wildman–Crippen LogP) is 5.03. The van der Waals surface area contributed by atoms with Crippen molar-refractivity contribution in [2.75, 3.05) is 10.6 Å². The number of anilines is 4. The minimum absolute atomic E-state index is 0.341. The molecule has 0 amide bonds. The van der Waals surface area contributed by atoms with Crippen molar-refractivity contribution in [3.8, 4) is 0 Å². The molecule has 3 aromatic rings. The third-order valence-electron chi connectivity index (χ3n) is 3.75. The highest BCUT2D eigenvalue weighted by Gasteiger charge is 2.06. The molecule has 2 N–H and O–H groups in total. The molecule has 0 aliphatic carbocycles. The second kappa shape index (κ2) is 6.66. The smallest absolute Gasteiger partial charge is 0.229 e. The lowest BCUT2D eigenvalue weighted by Crippen LogP contribution is -2.03. The summed E-state index contributed by atoms with van der Waals surface area (Å²) in [5, 5.41) is 6.19. The third kappa shape index (κ3) is 3.68. The molecule has 1 aromatic heterocycles. The van der Waals surface area contributed by atoms with E-state index >= 15 is 0 Å². The van der Waals surface area contributed by atoms with Gasteiger partial charge in [0.15, 0.2) is 0 Å². The highest BCUT2D eigenvalue weighted by Crippen LogP contribution is 2.22. The second-order valence-electron chi connectivity index (χ2n) is 5.75. The van der Waals surface area contributed by atoms with Crippen LogP contribution in [-0.2, 0) is 0 Å². The van der Waals surface area contributed by atoms with E-state index in [0.29, 0.717) is 17.5 Å². The molecule has 0 fully saturated rings. The van der Waals surface area contributed by atoms with Crippen LogP contribution >= 0.6 is 0 Å². The first-order valence-corrected chi connectivity index (χ1v) is 7.73. The van der Waals surface area contributed by atoms with E-state index in [1.54, 1.807) is 18.2 Å². The number of nitrogens with one attached hydrogen (secondary N) is 2. The van der Waals surface area contributed by atoms with Crippen LogP contribution < -0.4 is 10.6 Å². The van der Waals surface area contributed by atoms with Crippen molar-refractivity contribution in [1.82, 2.24) is 9.97 Å². The van der Waals surface area contributed by atoms with E-state index in [2.05, 4.69) is 46.6 Å². The molecule has 2 aromatic carbocycles. The van der Waals surface area contributed by atoms with Crippen molar-refractivity contribution in [2.45, 2.75) is 20.8 Å². The Hall–Kier alpha value is -2.95. The summed E-state index contributed by atoms with van der Waals surface area (Å²) in [6.45, 7) is 6.01. The van der Waals surface area contributed by atoms with Gasteiger partial charge in [0.25, 0.3) is 0 Å². The number of benzene rings is 2. The maximum atomic E-state index is 13.8. The van der Waals surface area contributed by atoms with Crippen molar-refractivity contribution >= 4 is 23.1 Å². The van der Waals surface area contributed by atoms with Crippen LogP contribution in [0.4, 0.5) is 27.5 Å². The van der Waals surface area contributed by atoms with Crippen molar-refractivity contribution in [3.63, 3.8) is 0 Å². The SMILES string of the molecule is Cc1cc(Nc2ccc(C)c(C)c2)nc(Nc2ccccc2F)n1. The van der Waals surface area contributed by atoms with Crippen LogP contribution in [0, 0.1) is 26.6 Å². The number of nitrogens with zero attached hydrogens (tertiary/aromatic N) is 2. The maximum absolute atomic E-state index is 13.8. The summed E-state index contributed by atoms with van der Waals surface area (Å²) in [5.41, 5.74) is 4.53. The molecule has 4 nitrogen and oxygen atoms in total. The van der Waals surface area contributed by atoms with Gasteiger partial charge in [0, 0.05) is 17.4 Å². The largest absolute Gasteiger partial charge is 0.340 e. The highest BCUT2D eigenvalue weighted by molar-refractivity contribution is 5.61. The molecule has 24 heavy (non-hydrogen) atoms. The molecule has 0 bridgehead atoms. The number of halogens is 1. The summed E-state index contributed by atoms with van der Waals surface area (Å²) in [6, 6.07) is 14.4. The lowest BCUT2D eigenvalue weighted by molar-refractivity contribution is 0.631. The molecular formula is C19H19FN4. The minimum Gasteiger partial charge on any atom is -0.340 e. The van der Waals surface area contributed by atoms with E-state index in [9.17, 15) is 4.39 Å². The van der Waals surface area contributed by atoms with Crippen LogP contribution in [0.15, 0.2) is 48.5 Å². The van der Waals surface area contributed by atoms with Gasteiger partial charge < -0.3 is 10.6 Å². The van der Waals surface area contributed by atoms with Crippen LogP contribution in [0.2, 0.25) is 0 Å². The Morgan fingerprint density at radius 1 is 0.833 bits per heavy atom. The lowest BCUT2D eigenvalue weighted by atomic mass is 10.1. The van der Waals surface area contributed by atoms with Crippen LogP contribution in [-0.4, -0.2) is 9.97 Å². The van der Waals surface area contributed by atoms with Gasteiger partial charge in [-0.3, -0.25) is 0 Å². The summed E-state index contributed by atoms with van der Waals surface area (Å²) >= 11 is 0. The van der Waals surface area contributed by atoms with Gasteiger partial charge in [-0.2, -0.15) is 4.98 Å². The molecule has 0 aliphatic rings. The first-order chi connectivity index (χ1) is 11.5. The van der Waals surface area contributed by atoms with Gasteiger partial charge in [-0.25, -0.2) is 9.37 Å². The van der Waals surface area contributed by atoms with Gasteiger partial charge in [0.05, 0.1) is 5.69 Å². The van der Waals surface area contributed by atoms with Gasteiger partial charge in [0.2, 0.25) is 5.95 Å². The summed E-state index contributed by atoms with van der Waals surface area (Å²) in [7, 11) is 0. The van der Waals surface area contributed by atoms with Crippen LogP contribution in [0.5, 0.6) is 0 Å². The topological polar surface area (TPSA) is 49.8 Å². The molecule has 1 heterocycles. The fourth-order valence-electron chi connectivity index (χ4n) is 2.34. The van der Waals surface area contributed by atoms with Crippen molar-refractivity contribution in [3.05, 3.63) is 71.2 Å². The van der Waals surface area contributed by atoms with E-state index in [4.69, 9.17) is 0 Å². The number of hydrogen-bond donors (Lipinski definition) is 2. The normalized spacial score (nSPS) is 10.5. The first kappa shape index (κ1) is 15.9. The summed E-state index contributed by atoms with van der Waals surface area (Å²) < 4.78 is 13.8. The molecule has 3 rings (SSSR count). The van der Waals surface area contributed by atoms with Crippen molar-refractivity contribution in [1.29, 1.82) is 0 Å². The van der Waals surface area contributed by atoms with E-state index in [0.717, 1.165) is 11.4 Å². The number of hydrogen-bond acceptors (Lipinski definition) is 4. The number of para-hydroxylation sites is 1. The Morgan fingerprint density at radius 2 is 1.62 bits per heavy atom. The monoisotopic (exact) mass is 322 g/mol. The predicted molar refractivity (Wildman–Crippen MR) is 95.7 cm³/mol. The van der Waals surface area contributed by atoms with Crippen molar-refractivity contribution < 1.29 is 4.39 Å². The molecule has 0 saturated carbocycles. The Balaban J connectivity index is 1.86. The quantitative estimate of drug-likeness (QED) is 0.707. The second-order valence-corrected chi connectivity index (χ2v) is 5.75. The average Bonchev–Trinajstić information content (AvgIpc) is 2.53. The van der Waals surface area contributed by atoms with E-state index in [-0.39, 0.29) is 5.82 Å². The summed E-state index contributed by atoms with van der Waals surface area (Å²) in [4.78, 5) is 8.73. The Morgan fingerprint density at radius 3 is 2.38 bits per heavy atom. The summed E-state index contributed by atoms with van der Waals surface area (Å²) in [5.74, 6) is 0.669. The highest BCUT2D eigenvalue weighted by atomic mass is 19.1. The molecule has 0 atom stereocenters. The van der Waals surface area contributed by atoms with E-state index in [1.807, 2.05) is 19.1 Å². The van der Waals surface area contributed by atoms with Crippen molar-refractivity contribution in [2.24, 2.45) is 0 Å². The van der Waals surface area contributed by atoms with Gasteiger partial charge in [-0.15, -0.1) is 0 Å². The first-order valence-electron chi connectivity index (χ1n) is 7.73. The molecule has 122 valence electrons. The molecule has 5 heteroatoms. The molecule has 0 saturated heterocycles. The zero-order valence-corrected chi connectivity index (χ0v) is 13.9. The van der Waals surface area contributed by atoms with Gasteiger partial charge in [-0.1, -0.05) is 18.2 Å². The third-order valence-corrected chi connectivity index (χ3v) is 3.75. The summed E-state index contributed by atoms with van der Waals surface area (Å²) in [6.07, 6.45) is 0. The van der Waals surface area contributed by atoms with Gasteiger partial charge in [0.1, 0.15) is 11.6 Å².